The number of aliphatic hydroxyl groups is 1. The Labute approximate surface area is 95.7 Å². The molecule has 2 unspecified atom stereocenters. The highest BCUT2D eigenvalue weighted by Crippen LogP contribution is 2.22. The third-order valence-electron chi connectivity index (χ3n) is 3.14. The maximum absolute atomic E-state index is 11.7. The molecule has 16 heavy (non-hydrogen) atoms. The lowest BCUT2D eigenvalue weighted by atomic mass is 10.0. The van der Waals surface area contributed by atoms with E-state index in [0.29, 0.717) is 19.5 Å². The van der Waals surface area contributed by atoms with E-state index in [1.54, 1.807) is 6.92 Å². The Hall–Kier alpha value is -1.35. The molecule has 1 aromatic carbocycles. The van der Waals surface area contributed by atoms with Gasteiger partial charge in [0.1, 0.15) is 0 Å². The summed E-state index contributed by atoms with van der Waals surface area (Å²) < 4.78 is 0. The summed E-state index contributed by atoms with van der Waals surface area (Å²) in [7, 11) is 0. The molecule has 1 N–H and O–H groups in total. The first-order valence-electron chi connectivity index (χ1n) is 5.66. The first-order valence-corrected chi connectivity index (χ1v) is 5.66. The lowest BCUT2D eigenvalue weighted by molar-refractivity contribution is -0.128. The van der Waals surface area contributed by atoms with Crippen molar-refractivity contribution in [2.75, 3.05) is 6.54 Å². The summed E-state index contributed by atoms with van der Waals surface area (Å²) in [6.07, 6.45) is 0.0783. The topological polar surface area (TPSA) is 40.5 Å². The van der Waals surface area contributed by atoms with Gasteiger partial charge in [-0.25, -0.2) is 0 Å². The molecule has 1 saturated heterocycles. The molecule has 0 radical (unpaired) electrons. The molecule has 0 aromatic heterocycles. The fourth-order valence-electron chi connectivity index (χ4n) is 2.08. The van der Waals surface area contributed by atoms with E-state index in [1.807, 2.05) is 35.2 Å². The molecule has 3 nitrogen and oxygen atoms in total. The van der Waals surface area contributed by atoms with E-state index in [-0.39, 0.29) is 11.8 Å². The Morgan fingerprint density at radius 1 is 1.44 bits per heavy atom. The summed E-state index contributed by atoms with van der Waals surface area (Å²) in [5, 5.41) is 9.47. The molecular weight excluding hydrogens is 202 g/mol. The largest absolute Gasteiger partial charge is 0.393 e. The van der Waals surface area contributed by atoms with E-state index in [9.17, 15) is 9.90 Å². The van der Waals surface area contributed by atoms with Crippen molar-refractivity contribution in [2.45, 2.75) is 26.0 Å². The molecule has 0 aliphatic carbocycles. The average molecular weight is 219 g/mol. The van der Waals surface area contributed by atoms with Crippen molar-refractivity contribution < 1.29 is 9.90 Å². The van der Waals surface area contributed by atoms with Gasteiger partial charge in [-0.2, -0.15) is 0 Å². The second-order valence-corrected chi connectivity index (χ2v) is 4.46. The van der Waals surface area contributed by atoms with E-state index in [2.05, 4.69) is 0 Å². The number of amides is 1. The Morgan fingerprint density at radius 3 is 2.69 bits per heavy atom. The van der Waals surface area contributed by atoms with Crippen molar-refractivity contribution >= 4 is 5.91 Å². The van der Waals surface area contributed by atoms with Crippen LogP contribution in [0.25, 0.3) is 0 Å². The lowest BCUT2D eigenvalue weighted by Gasteiger charge is -2.17. The molecule has 86 valence electrons. The minimum Gasteiger partial charge on any atom is -0.393 e. The third-order valence-corrected chi connectivity index (χ3v) is 3.14. The molecule has 1 fully saturated rings. The van der Waals surface area contributed by atoms with E-state index in [4.69, 9.17) is 0 Å². The summed E-state index contributed by atoms with van der Waals surface area (Å²) in [5.74, 6) is 0.242. The zero-order valence-corrected chi connectivity index (χ0v) is 9.47. The van der Waals surface area contributed by atoms with Gasteiger partial charge in [-0.15, -0.1) is 0 Å². The van der Waals surface area contributed by atoms with Crippen LogP contribution in [0.15, 0.2) is 30.3 Å². The van der Waals surface area contributed by atoms with Gasteiger partial charge in [0.05, 0.1) is 6.10 Å². The molecule has 1 heterocycles. The number of hydrogen-bond acceptors (Lipinski definition) is 2. The zero-order chi connectivity index (χ0) is 11.5. The highest BCUT2D eigenvalue weighted by molar-refractivity contribution is 5.78. The molecule has 1 amide bonds. The van der Waals surface area contributed by atoms with E-state index < -0.39 is 6.10 Å². The maximum Gasteiger partial charge on any atom is 0.223 e. The number of benzene rings is 1. The van der Waals surface area contributed by atoms with Crippen LogP contribution in [-0.4, -0.2) is 28.6 Å². The third kappa shape index (κ3) is 2.42. The van der Waals surface area contributed by atoms with Crippen molar-refractivity contribution in [3.8, 4) is 0 Å². The molecule has 2 rings (SSSR count). The number of likely N-dealkylation sites (tertiary alicyclic amines) is 1. The van der Waals surface area contributed by atoms with Crippen molar-refractivity contribution in [1.29, 1.82) is 0 Å². The summed E-state index contributed by atoms with van der Waals surface area (Å²) in [4.78, 5) is 13.5. The second kappa shape index (κ2) is 4.66. The predicted octanol–water partition coefficient (Wildman–Crippen LogP) is 1.42. The number of nitrogens with zero attached hydrogens (tertiary/aromatic N) is 1. The average Bonchev–Trinajstić information content (AvgIpc) is 2.62. The van der Waals surface area contributed by atoms with Gasteiger partial charge in [-0.1, -0.05) is 30.3 Å². The Balaban J connectivity index is 1.99. The van der Waals surface area contributed by atoms with Crippen LogP contribution in [0.3, 0.4) is 0 Å². The Bertz CT molecular complexity index is 361. The predicted molar refractivity (Wildman–Crippen MR) is 61.6 cm³/mol. The van der Waals surface area contributed by atoms with E-state index in [1.165, 1.54) is 0 Å². The quantitative estimate of drug-likeness (QED) is 0.835. The molecule has 2 atom stereocenters. The van der Waals surface area contributed by atoms with Crippen LogP contribution in [0.5, 0.6) is 0 Å². The van der Waals surface area contributed by atoms with Gasteiger partial charge in [0, 0.05) is 25.4 Å². The molecule has 0 saturated carbocycles. The number of carbonyl (C=O) groups is 1. The summed E-state index contributed by atoms with van der Waals surface area (Å²) in [5.41, 5.74) is 1.14. The number of carbonyl (C=O) groups excluding carboxylic acids is 1. The van der Waals surface area contributed by atoms with Gasteiger partial charge in [0.2, 0.25) is 5.91 Å². The Kier molecular flexibility index (Phi) is 3.25. The summed E-state index contributed by atoms with van der Waals surface area (Å²) >= 11 is 0. The number of aliphatic hydroxyl groups excluding tert-OH is 1. The second-order valence-electron chi connectivity index (χ2n) is 4.46. The normalized spacial score (nSPS) is 22.5. The van der Waals surface area contributed by atoms with E-state index >= 15 is 0 Å². The summed E-state index contributed by atoms with van der Waals surface area (Å²) in [6, 6.07) is 9.95. The lowest BCUT2D eigenvalue weighted by Crippen LogP contribution is -2.26. The molecule has 1 aromatic rings. The first kappa shape index (κ1) is 11.1. The Morgan fingerprint density at radius 2 is 2.12 bits per heavy atom. The SMILES string of the molecule is CC(O)C1CC(=O)N(Cc2ccccc2)C1. The maximum atomic E-state index is 11.7. The fraction of sp³-hybridized carbons (Fsp3) is 0.462. The van der Waals surface area contributed by atoms with Crippen LogP contribution in [0.4, 0.5) is 0 Å². The van der Waals surface area contributed by atoms with E-state index in [0.717, 1.165) is 5.56 Å². The highest BCUT2D eigenvalue weighted by atomic mass is 16.3. The van der Waals surface area contributed by atoms with Crippen LogP contribution in [0, 0.1) is 5.92 Å². The minimum atomic E-state index is -0.398. The molecule has 0 spiro atoms. The van der Waals surface area contributed by atoms with Crippen LogP contribution in [0.1, 0.15) is 18.9 Å². The van der Waals surface area contributed by atoms with Crippen molar-refractivity contribution in [1.82, 2.24) is 4.90 Å². The number of rotatable bonds is 3. The van der Waals surface area contributed by atoms with Crippen LogP contribution >= 0.6 is 0 Å². The molecule has 1 aliphatic heterocycles. The molecule has 1 aliphatic rings. The molecular formula is C13H17NO2. The summed E-state index contributed by atoms with van der Waals surface area (Å²) in [6.45, 7) is 3.08. The molecule has 0 bridgehead atoms. The van der Waals surface area contributed by atoms with Crippen LogP contribution in [-0.2, 0) is 11.3 Å². The van der Waals surface area contributed by atoms with Crippen molar-refractivity contribution in [3.05, 3.63) is 35.9 Å². The van der Waals surface area contributed by atoms with Crippen molar-refractivity contribution in [3.63, 3.8) is 0 Å². The van der Waals surface area contributed by atoms with Gasteiger partial charge in [-0.3, -0.25) is 4.79 Å². The van der Waals surface area contributed by atoms with Gasteiger partial charge in [0.15, 0.2) is 0 Å². The monoisotopic (exact) mass is 219 g/mol. The van der Waals surface area contributed by atoms with Crippen molar-refractivity contribution in [2.24, 2.45) is 5.92 Å². The van der Waals surface area contributed by atoms with Crippen LogP contribution < -0.4 is 0 Å². The highest BCUT2D eigenvalue weighted by Gasteiger charge is 2.31. The first-order chi connectivity index (χ1) is 7.66. The standard InChI is InChI=1S/C13H17NO2/c1-10(15)12-7-13(16)14(9-12)8-11-5-3-2-4-6-11/h2-6,10,12,15H,7-9H2,1H3. The van der Waals surface area contributed by atoms with Gasteiger partial charge >= 0.3 is 0 Å². The molecule has 3 heteroatoms. The minimum absolute atomic E-state index is 0.0937. The van der Waals surface area contributed by atoms with Gasteiger partial charge < -0.3 is 10.0 Å². The number of hydrogen-bond donors (Lipinski definition) is 1. The smallest absolute Gasteiger partial charge is 0.223 e. The zero-order valence-electron chi connectivity index (χ0n) is 9.47. The van der Waals surface area contributed by atoms with Gasteiger partial charge in [-0.05, 0) is 12.5 Å². The van der Waals surface area contributed by atoms with Gasteiger partial charge in [0.25, 0.3) is 0 Å². The van der Waals surface area contributed by atoms with Crippen LogP contribution in [0.2, 0.25) is 0 Å². The fourth-order valence-corrected chi connectivity index (χ4v) is 2.08.